The van der Waals surface area contributed by atoms with E-state index in [4.69, 9.17) is 11.6 Å². The van der Waals surface area contributed by atoms with E-state index in [0.717, 1.165) is 30.8 Å². The first-order chi connectivity index (χ1) is 7.66. The van der Waals surface area contributed by atoms with Crippen molar-refractivity contribution in [2.75, 3.05) is 18.4 Å². The minimum Gasteiger partial charge on any atom is -0.326 e. The Balaban J connectivity index is 2.02. The molecule has 1 saturated heterocycles. The first-order valence-corrected chi connectivity index (χ1v) is 5.82. The van der Waals surface area contributed by atoms with Gasteiger partial charge in [0, 0.05) is 17.3 Å². The highest BCUT2D eigenvalue weighted by molar-refractivity contribution is 6.31. The van der Waals surface area contributed by atoms with Crippen LogP contribution in [0.1, 0.15) is 12.0 Å². The average molecular weight is 239 g/mol. The van der Waals surface area contributed by atoms with E-state index in [1.165, 1.54) is 0 Å². The van der Waals surface area contributed by atoms with Crippen LogP contribution in [0.4, 0.5) is 5.69 Å². The van der Waals surface area contributed by atoms with Gasteiger partial charge in [-0.1, -0.05) is 17.7 Å². The molecule has 2 rings (SSSR count). The molecule has 0 radical (unpaired) electrons. The second-order valence-corrected chi connectivity index (χ2v) is 4.55. The maximum absolute atomic E-state index is 11.8. The number of benzene rings is 1. The lowest BCUT2D eigenvalue weighted by Crippen LogP contribution is -2.24. The highest BCUT2D eigenvalue weighted by Gasteiger charge is 2.22. The Morgan fingerprint density at radius 1 is 1.56 bits per heavy atom. The third-order valence-corrected chi connectivity index (χ3v) is 3.28. The molecule has 0 bridgehead atoms. The monoisotopic (exact) mass is 238 g/mol. The molecule has 1 amide bonds. The van der Waals surface area contributed by atoms with Crippen LogP contribution in [0.15, 0.2) is 18.2 Å². The Morgan fingerprint density at radius 3 is 3.00 bits per heavy atom. The van der Waals surface area contributed by atoms with Gasteiger partial charge in [0.1, 0.15) is 0 Å². The highest BCUT2D eigenvalue weighted by Crippen LogP contribution is 2.21. The zero-order valence-corrected chi connectivity index (χ0v) is 9.97. The summed E-state index contributed by atoms with van der Waals surface area (Å²) in [6.45, 7) is 3.63. The number of aryl methyl sites for hydroxylation is 1. The molecule has 0 spiro atoms. The van der Waals surface area contributed by atoms with Crippen LogP contribution in [0.25, 0.3) is 0 Å². The Morgan fingerprint density at radius 2 is 2.38 bits per heavy atom. The zero-order chi connectivity index (χ0) is 11.5. The summed E-state index contributed by atoms with van der Waals surface area (Å²) >= 11 is 5.99. The molecule has 3 nitrogen and oxygen atoms in total. The van der Waals surface area contributed by atoms with Crippen molar-refractivity contribution in [1.29, 1.82) is 0 Å². The topological polar surface area (TPSA) is 41.1 Å². The molecule has 1 aromatic rings. The molecule has 4 heteroatoms. The highest BCUT2D eigenvalue weighted by atomic mass is 35.5. The summed E-state index contributed by atoms with van der Waals surface area (Å²) in [6, 6.07) is 5.57. The number of carbonyl (C=O) groups is 1. The number of halogens is 1. The Bertz CT molecular complexity index is 400. The molecule has 0 aliphatic carbocycles. The van der Waals surface area contributed by atoms with E-state index in [1.54, 1.807) is 6.07 Å². The molecule has 0 saturated carbocycles. The van der Waals surface area contributed by atoms with Crippen LogP contribution in [0.3, 0.4) is 0 Å². The number of rotatable bonds is 2. The lowest BCUT2D eigenvalue weighted by molar-refractivity contribution is -0.119. The number of carbonyl (C=O) groups excluding carboxylic acids is 1. The number of hydrogen-bond donors (Lipinski definition) is 2. The molecule has 1 heterocycles. The third kappa shape index (κ3) is 2.54. The standard InChI is InChI=1S/C12H15ClN2O/c1-8-2-3-10(6-11(8)13)15-12(16)9-4-5-14-7-9/h2-3,6,9,14H,4-5,7H2,1H3,(H,15,16). The minimum absolute atomic E-state index is 0.0740. The Labute approximate surface area is 100 Å². The van der Waals surface area contributed by atoms with Gasteiger partial charge in [-0.2, -0.15) is 0 Å². The lowest BCUT2D eigenvalue weighted by Gasteiger charge is -2.10. The predicted octanol–water partition coefficient (Wildman–Crippen LogP) is 2.20. The van der Waals surface area contributed by atoms with Gasteiger partial charge in [-0.3, -0.25) is 4.79 Å². The predicted molar refractivity (Wildman–Crippen MR) is 65.8 cm³/mol. The van der Waals surface area contributed by atoms with Crippen molar-refractivity contribution in [1.82, 2.24) is 5.32 Å². The van der Waals surface area contributed by atoms with E-state index in [1.807, 2.05) is 19.1 Å². The second kappa shape index (κ2) is 4.85. The van der Waals surface area contributed by atoms with E-state index in [0.29, 0.717) is 5.02 Å². The first-order valence-electron chi connectivity index (χ1n) is 5.44. The van der Waals surface area contributed by atoms with Crippen LogP contribution in [0, 0.1) is 12.8 Å². The fourth-order valence-corrected chi connectivity index (χ4v) is 1.97. The normalized spacial score (nSPS) is 19.8. The van der Waals surface area contributed by atoms with Gasteiger partial charge in [-0.15, -0.1) is 0 Å². The molecule has 1 aromatic carbocycles. The van der Waals surface area contributed by atoms with Gasteiger partial charge in [0.2, 0.25) is 5.91 Å². The van der Waals surface area contributed by atoms with Gasteiger partial charge in [-0.25, -0.2) is 0 Å². The quantitative estimate of drug-likeness (QED) is 0.830. The van der Waals surface area contributed by atoms with E-state index < -0.39 is 0 Å². The number of amides is 1. The molecule has 16 heavy (non-hydrogen) atoms. The summed E-state index contributed by atoms with van der Waals surface area (Å²) in [5, 5.41) is 6.74. The van der Waals surface area contributed by atoms with Crippen LogP contribution < -0.4 is 10.6 Å². The molecule has 1 fully saturated rings. The van der Waals surface area contributed by atoms with Gasteiger partial charge < -0.3 is 10.6 Å². The molecule has 1 aliphatic heterocycles. The first kappa shape index (κ1) is 11.4. The third-order valence-electron chi connectivity index (χ3n) is 2.87. The van der Waals surface area contributed by atoms with Gasteiger partial charge >= 0.3 is 0 Å². The molecule has 0 aromatic heterocycles. The molecule has 1 atom stereocenters. The van der Waals surface area contributed by atoms with Crippen molar-refractivity contribution >= 4 is 23.2 Å². The van der Waals surface area contributed by atoms with Crippen LogP contribution in [0.2, 0.25) is 5.02 Å². The summed E-state index contributed by atoms with van der Waals surface area (Å²) in [4.78, 5) is 11.8. The van der Waals surface area contributed by atoms with Crippen molar-refractivity contribution in [3.8, 4) is 0 Å². The Hall–Kier alpha value is -1.06. The van der Waals surface area contributed by atoms with Gasteiger partial charge in [0.15, 0.2) is 0 Å². The van der Waals surface area contributed by atoms with Gasteiger partial charge in [0.25, 0.3) is 0 Å². The summed E-state index contributed by atoms with van der Waals surface area (Å²) in [6.07, 6.45) is 0.908. The summed E-state index contributed by atoms with van der Waals surface area (Å²) in [5.74, 6) is 0.157. The van der Waals surface area contributed by atoms with Crippen LogP contribution in [0.5, 0.6) is 0 Å². The lowest BCUT2D eigenvalue weighted by atomic mass is 10.1. The maximum atomic E-state index is 11.8. The molecule has 2 N–H and O–H groups in total. The smallest absolute Gasteiger partial charge is 0.228 e. The van der Waals surface area contributed by atoms with Crippen molar-refractivity contribution in [2.24, 2.45) is 5.92 Å². The largest absolute Gasteiger partial charge is 0.326 e. The fourth-order valence-electron chi connectivity index (χ4n) is 1.79. The number of nitrogens with one attached hydrogen (secondary N) is 2. The van der Waals surface area contributed by atoms with Crippen molar-refractivity contribution in [2.45, 2.75) is 13.3 Å². The van der Waals surface area contributed by atoms with E-state index in [9.17, 15) is 4.79 Å². The summed E-state index contributed by atoms with van der Waals surface area (Å²) < 4.78 is 0. The fraction of sp³-hybridized carbons (Fsp3) is 0.417. The number of anilines is 1. The maximum Gasteiger partial charge on any atom is 0.228 e. The van der Waals surface area contributed by atoms with Crippen LogP contribution in [-0.2, 0) is 4.79 Å². The van der Waals surface area contributed by atoms with E-state index >= 15 is 0 Å². The zero-order valence-electron chi connectivity index (χ0n) is 9.22. The Kier molecular flexibility index (Phi) is 3.46. The van der Waals surface area contributed by atoms with Gasteiger partial charge in [-0.05, 0) is 37.6 Å². The average Bonchev–Trinajstić information content (AvgIpc) is 2.77. The number of hydrogen-bond acceptors (Lipinski definition) is 2. The molecule has 1 aliphatic rings. The molecular weight excluding hydrogens is 224 g/mol. The second-order valence-electron chi connectivity index (χ2n) is 4.14. The molecular formula is C12H15ClN2O. The molecule has 86 valence electrons. The van der Waals surface area contributed by atoms with E-state index in [-0.39, 0.29) is 11.8 Å². The van der Waals surface area contributed by atoms with E-state index in [2.05, 4.69) is 10.6 Å². The summed E-state index contributed by atoms with van der Waals surface area (Å²) in [5.41, 5.74) is 1.79. The van der Waals surface area contributed by atoms with Crippen molar-refractivity contribution in [3.05, 3.63) is 28.8 Å². The molecule has 1 unspecified atom stereocenters. The van der Waals surface area contributed by atoms with Crippen LogP contribution in [-0.4, -0.2) is 19.0 Å². The minimum atomic E-state index is 0.0740. The SMILES string of the molecule is Cc1ccc(NC(=O)C2CCNC2)cc1Cl. The summed E-state index contributed by atoms with van der Waals surface area (Å²) in [7, 11) is 0. The van der Waals surface area contributed by atoms with Crippen LogP contribution >= 0.6 is 11.6 Å². The van der Waals surface area contributed by atoms with Crippen molar-refractivity contribution < 1.29 is 4.79 Å². The van der Waals surface area contributed by atoms with Gasteiger partial charge in [0.05, 0.1) is 5.92 Å². The van der Waals surface area contributed by atoms with Crippen molar-refractivity contribution in [3.63, 3.8) is 0 Å².